The van der Waals surface area contributed by atoms with Crippen molar-refractivity contribution in [3.05, 3.63) is 18.1 Å². The fourth-order valence-corrected chi connectivity index (χ4v) is 3.69. The van der Waals surface area contributed by atoms with E-state index in [1.807, 2.05) is 0 Å². The lowest BCUT2D eigenvalue weighted by Crippen LogP contribution is -2.47. The molecule has 148 valence electrons. The quantitative estimate of drug-likeness (QED) is 0.779. The van der Waals surface area contributed by atoms with Crippen LogP contribution < -0.4 is 5.32 Å². The number of likely N-dealkylation sites (tertiary alicyclic amines) is 1. The smallest absolute Gasteiger partial charge is 0.274 e. The second-order valence-corrected chi connectivity index (χ2v) is 7.07. The minimum Gasteiger partial charge on any atom is -0.379 e. The van der Waals surface area contributed by atoms with E-state index in [2.05, 4.69) is 20.2 Å². The summed E-state index contributed by atoms with van der Waals surface area (Å²) in [5, 5.41) is 3.26. The lowest BCUT2D eigenvalue weighted by atomic mass is 10.0. The fourth-order valence-electron chi connectivity index (χ4n) is 3.69. The summed E-state index contributed by atoms with van der Waals surface area (Å²) in [6.45, 7) is 7.75. The SMILES string of the molecule is O=C(c1cnc(NCCN2CCOCC2)cn1)N1CCC2(CC1)OCCO2. The summed E-state index contributed by atoms with van der Waals surface area (Å²) in [7, 11) is 0. The van der Waals surface area contributed by atoms with E-state index in [9.17, 15) is 4.79 Å². The van der Waals surface area contributed by atoms with Crippen molar-refractivity contribution in [2.45, 2.75) is 18.6 Å². The number of piperidine rings is 1. The second kappa shape index (κ2) is 8.47. The molecule has 3 aliphatic rings. The minimum absolute atomic E-state index is 0.0878. The van der Waals surface area contributed by atoms with Crippen molar-refractivity contribution in [2.75, 3.05) is 71.0 Å². The maximum Gasteiger partial charge on any atom is 0.274 e. The normalized spacial score (nSPS) is 22.9. The van der Waals surface area contributed by atoms with Crippen LogP contribution in [0.15, 0.2) is 12.4 Å². The number of anilines is 1. The summed E-state index contributed by atoms with van der Waals surface area (Å²) < 4.78 is 16.8. The van der Waals surface area contributed by atoms with Crippen LogP contribution in [-0.4, -0.2) is 97.2 Å². The van der Waals surface area contributed by atoms with Crippen molar-refractivity contribution in [3.63, 3.8) is 0 Å². The molecule has 0 atom stereocenters. The predicted octanol–water partition coefficient (Wildman–Crippen LogP) is 0.200. The Balaban J connectivity index is 1.24. The van der Waals surface area contributed by atoms with Gasteiger partial charge >= 0.3 is 0 Å². The molecule has 0 radical (unpaired) electrons. The van der Waals surface area contributed by atoms with Crippen LogP contribution in [0.2, 0.25) is 0 Å². The molecule has 0 aliphatic carbocycles. The number of nitrogens with one attached hydrogen (secondary N) is 1. The molecule has 3 saturated heterocycles. The maximum atomic E-state index is 12.6. The van der Waals surface area contributed by atoms with Gasteiger partial charge in [0.05, 0.1) is 38.8 Å². The first kappa shape index (κ1) is 18.5. The van der Waals surface area contributed by atoms with Gasteiger partial charge in [-0.15, -0.1) is 0 Å². The number of amides is 1. The van der Waals surface area contributed by atoms with Gasteiger partial charge in [0.2, 0.25) is 0 Å². The molecule has 1 aromatic heterocycles. The van der Waals surface area contributed by atoms with E-state index in [4.69, 9.17) is 14.2 Å². The summed E-state index contributed by atoms with van der Waals surface area (Å²) in [5.74, 6) is 0.122. The highest BCUT2D eigenvalue weighted by molar-refractivity contribution is 5.92. The third-order valence-electron chi connectivity index (χ3n) is 5.33. The van der Waals surface area contributed by atoms with E-state index in [1.54, 1.807) is 17.3 Å². The van der Waals surface area contributed by atoms with Gasteiger partial charge < -0.3 is 24.4 Å². The summed E-state index contributed by atoms with van der Waals surface area (Å²) in [6.07, 6.45) is 4.58. The topological polar surface area (TPSA) is 89.1 Å². The number of hydrogen-bond acceptors (Lipinski definition) is 8. The number of nitrogens with zero attached hydrogens (tertiary/aromatic N) is 4. The van der Waals surface area contributed by atoms with E-state index in [1.165, 1.54) is 0 Å². The predicted molar refractivity (Wildman–Crippen MR) is 97.6 cm³/mol. The molecule has 4 heterocycles. The first-order chi connectivity index (χ1) is 13.2. The van der Waals surface area contributed by atoms with Gasteiger partial charge in [0.1, 0.15) is 11.5 Å². The molecule has 1 aromatic rings. The van der Waals surface area contributed by atoms with Crippen LogP contribution in [0.3, 0.4) is 0 Å². The Hall–Kier alpha value is -1.81. The Labute approximate surface area is 159 Å². The fraction of sp³-hybridized carbons (Fsp3) is 0.722. The first-order valence-corrected chi connectivity index (χ1v) is 9.67. The standard InChI is InChI=1S/C18H27N5O4/c24-17(23-4-1-18(2-5-23)26-11-12-27-18)15-13-21-16(14-20-15)19-3-6-22-7-9-25-10-8-22/h13-14H,1-12H2,(H,19,21). The van der Waals surface area contributed by atoms with Crippen molar-refractivity contribution in [1.82, 2.24) is 19.8 Å². The van der Waals surface area contributed by atoms with Crippen molar-refractivity contribution in [3.8, 4) is 0 Å². The van der Waals surface area contributed by atoms with Gasteiger partial charge in [0.15, 0.2) is 5.79 Å². The summed E-state index contributed by atoms with van der Waals surface area (Å²) in [4.78, 5) is 25.4. The van der Waals surface area contributed by atoms with Crippen LogP contribution in [0.4, 0.5) is 5.82 Å². The van der Waals surface area contributed by atoms with Gasteiger partial charge in [-0.25, -0.2) is 9.97 Å². The first-order valence-electron chi connectivity index (χ1n) is 9.67. The molecule has 3 fully saturated rings. The van der Waals surface area contributed by atoms with Crippen LogP contribution >= 0.6 is 0 Å². The molecular formula is C18H27N5O4. The van der Waals surface area contributed by atoms with Gasteiger partial charge in [-0.1, -0.05) is 0 Å². The van der Waals surface area contributed by atoms with E-state index >= 15 is 0 Å². The summed E-state index contributed by atoms with van der Waals surface area (Å²) in [5.41, 5.74) is 0.373. The minimum atomic E-state index is -0.475. The van der Waals surface area contributed by atoms with Crippen molar-refractivity contribution >= 4 is 11.7 Å². The summed E-state index contributed by atoms with van der Waals surface area (Å²) >= 11 is 0. The van der Waals surface area contributed by atoms with E-state index in [-0.39, 0.29) is 5.91 Å². The number of hydrogen-bond donors (Lipinski definition) is 1. The van der Waals surface area contributed by atoms with Gasteiger partial charge in [-0.3, -0.25) is 9.69 Å². The molecule has 9 nitrogen and oxygen atoms in total. The molecule has 1 N–H and O–H groups in total. The van der Waals surface area contributed by atoms with Gasteiger partial charge in [-0.05, 0) is 0 Å². The number of carbonyl (C=O) groups is 1. The number of rotatable bonds is 5. The lowest BCUT2D eigenvalue weighted by molar-refractivity contribution is -0.181. The van der Waals surface area contributed by atoms with E-state index in [0.29, 0.717) is 50.7 Å². The molecule has 0 aromatic carbocycles. The highest BCUT2D eigenvalue weighted by Crippen LogP contribution is 2.31. The molecule has 9 heteroatoms. The highest BCUT2D eigenvalue weighted by atomic mass is 16.7. The molecule has 0 saturated carbocycles. The summed E-state index contributed by atoms with van der Waals surface area (Å²) in [6, 6.07) is 0. The van der Waals surface area contributed by atoms with Crippen molar-refractivity contribution < 1.29 is 19.0 Å². The van der Waals surface area contributed by atoms with Crippen LogP contribution in [-0.2, 0) is 14.2 Å². The third kappa shape index (κ3) is 4.55. The molecular weight excluding hydrogens is 350 g/mol. The van der Waals surface area contributed by atoms with Gasteiger partial charge in [0, 0.05) is 52.1 Å². The van der Waals surface area contributed by atoms with E-state index in [0.717, 1.165) is 39.4 Å². The van der Waals surface area contributed by atoms with Gasteiger partial charge in [0.25, 0.3) is 5.91 Å². The number of aromatic nitrogens is 2. The monoisotopic (exact) mass is 377 g/mol. The highest BCUT2D eigenvalue weighted by Gasteiger charge is 2.41. The second-order valence-electron chi connectivity index (χ2n) is 7.07. The average molecular weight is 377 g/mol. The zero-order chi connectivity index (χ0) is 18.5. The largest absolute Gasteiger partial charge is 0.379 e. The van der Waals surface area contributed by atoms with Gasteiger partial charge in [-0.2, -0.15) is 0 Å². The Morgan fingerprint density at radius 1 is 1.04 bits per heavy atom. The van der Waals surface area contributed by atoms with Crippen molar-refractivity contribution in [1.29, 1.82) is 0 Å². The Morgan fingerprint density at radius 2 is 1.78 bits per heavy atom. The molecule has 1 spiro atoms. The zero-order valence-electron chi connectivity index (χ0n) is 15.6. The Morgan fingerprint density at radius 3 is 2.44 bits per heavy atom. The lowest BCUT2D eigenvalue weighted by Gasteiger charge is -2.37. The van der Waals surface area contributed by atoms with Crippen LogP contribution in [0.25, 0.3) is 0 Å². The maximum absolute atomic E-state index is 12.6. The number of morpholine rings is 1. The third-order valence-corrected chi connectivity index (χ3v) is 5.33. The molecule has 1 amide bonds. The molecule has 4 rings (SSSR count). The Bertz CT molecular complexity index is 619. The van der Waals surface area contributed by atoms with Crippen molar-refractivity contribution in [2.24, 2.45) is 0 Å². The molecule has 0 unspecified atom stereocenters. The number of ether oxygens (including phenoxy) is 3. The number of carbonyl (C=O) groups excluding carboxylic acids is 1. The Kier molecular flexibility index (Phi) is 5.82. The molecule has 3 aliphatic heterocycles. The average Bonchev–Trinajstić information content (AvgIpc) is 3.17. The van der Waals surface area contributed by atoms with Crippen LogP contribution in [0.1, 0.15) is 23.3 Å². The molecule has 27 heavy (non-hydrogen) atoms. The van der Waals surface area contributed by atoms with Crippen LogP contribution in [0.5, 0.6) is 0 Å². The van der Waals surface area contributed by atoms with E-state index < -0.39 is 5.79 Å². The van der Waals surface area contributed by atoms with Crippen LogP contribution in [0, 0.1) is 0 Å². The zero-order valence-corrected chi connectivity index (χ0v) is 15.6. The molecule has 0 bridgehead atoms.